The van der Waals surface area contributed by atoms with Crippen molar-refractivity contribution in [3.05, 3.63) is 36.5 Å². The van der Waals surface area contributed by atoms with Gasteiger partial charge in [0.2, 0.25) is 0 Å². The molecule has 2 aromatic rings. The Morgan fingerprint density at radius 1 is 1.25 bits per heavy atom. The number of amides is 1. The number of anilines is 1. The fourth-order valence-corrected chi connectivity index (χ4v) is 6.01. The maximum absolute atomic E-state index is 12.6. The number of para-hydroxylation sites is 1. The number of thioether (sulfide) groups is 1. The van der Waals surface area contributed by atoms with E-state index in [-0.39, 0.29) is 5.91 Å². The molecule has 5 rings (SSSR count). The van der Waals surface area contributed by atoms with Crippen LogP contribution in [-0.4, -0.2) is 33.4 Å². The molecule has 3 aliphatic rings. The maximum Gasteiger partial charge on any atom is 0.264 e. The van der Waals surface area contributed by atoms with Crippen LogP contribution in [0.4, 0.5) is 5.69 Å². The van der Waals surface area contributed by atoms with Gasteiger partial charge < -0.3 is 10.6 Å². The van der Waals surface area contributed by atoms with Gasteiger partial charge in [-0.15, -0.1) is 0 Å². The average Bonchev–Trinajstić information content (AvgIpc) is 3.37. The van der Waals surface area contributed by atoms with E-state index in [4.69, 9.17) is 0 Å². The Hall–Kier alpha value is -2.08. The number of aliphatic imine (C=N–C) groups is 1. The quantitative estimate of drug-likeness (QED) is 0.795. The third-order valence-electron chi connectivity index (χ3n) is 6.55. The first kappa shape index (κ1) is 18.0. The molecule has 0 saturated heterocycles. The van der Waals surface area contributed by atoms with E-state index in [0.717, 1.165) is 40.0 Å². The fraction of sp³-hybridized carbons (Fsp3) is 0.500. The summed E-state index contributed by atoms with van der Waals surface area (Å²) in [6.45, 7) is 2.73. The summed E-state index contributed by atoms with van der Waals surface area (Å²) in [4.78, 5) is 21.4. The molecule has 5 nitrogen and oxygen atoms in total. The number of hydrogen-bond acceptors (Lipinski definition) is 5. The Balaban J connectivity index is 1.16. The number of carbonyl (C=O) groups is 1. The van der Waals surface area contributed by atoms with E-state index in [1.54, 1.807) is 11.8 Å². The SMILES string of the molecule is CC1(CCNc2cnc3ccccc3c2)SC(NC2CC3CCC2C3)=NC1=O. The molecule has 4 unspecified atom stereocenters. The van der Waals surface area contributed by atoms with Crippen LogP contribution in [-0.2, 0) is 4.79 Å². The minimum Gasteiger partial charge on any atom is -0.384 e. The van der Waals surface area contributed by atoms with Crippen molar-refractivity contribution in [1.82, 2.24) is 10.3 Å². The Morgan fingerprint density at radius 3 is 2.96 bits per heavy atom. The maximum atomic E-state index is 12.6. The molecular weight excluding hydrogens is 368 g/mol. The van der Waals surface area contributed by atoms with E-state index in [2.05, 4.69) is 32.7 Å². The highest BCUT2D eigenvalue weighted by atomic mass is 32.2. The Labute approximate surface area is 169 Å². The number of amidine groups is 1. The van der Waals surface area contributed by atoms with Crippen molar-refractivity contribution in [2.45, 2.75) is 49.8 Å². The van der Waals surface area contributed by atoms with E-state index >= 15 is 0 Å². The second-order valence-corrected chi connectivity index (χ2v) is 10.1. The molecule has 2 aliphatic carbocycles. The zero-order chi connectivity index (χ0) is 19.1. The number of hydrogen-bond donors (Lipinski definition) is 2. The standard InChI is InChI=1S/C22H26N4OS/c1-22(8-9-23-17-12-15-4-2-3-5-18(15)24-13-17)20(27)26-21(28-22)25-19-11-14-6-7-16(19)10-14/h2-5,12-14,16,19,23H,6-11H2,1H3,(H,25,26,27). The normalized spacial score (nSPS) is 31.4. The summed E-state index contributed by atoms with van der Waals surface area (Å²) in [6, 6.07) is 10.7. The lowest BCUT2D eigenvalue weighted by atomic mass is 9.96. The van der Waals surface area contributed by atoms with Crippen molar-refractivity contribution in [2.24, 2.45) is 16.8 Å². The minimum atomic E-state index is -0.489. The predicted molar refractivity (Wildman–Crippen MR) is 116 cm³/mol. The number of nitrogens with zero attached hydrogens (tertiary/aromatic N) is 2. The molecule has 1 amide bonds. The molecule has 2 heterocycles. The number of carbonyl (C=O) groups excluding carboxylic acids is 1. The van der Waals surface area contributed by atoms with Crippen LogP contribution in [0.1, 0.15) is 39.0 Å². The molecule has 146 valence electrons. The molecule has 2 bridgehead atoms. The topological polar surface area (TPSA) is 66.4 Å². The highest BCUT2D eigenvalue weighted by molar-refractivity contribution is 8.16. The number of fused-ring (bicyclic) bond motifs is 3. The van der Waals surface area contributed by atoms with Crippen molar-refractivity contribution in [3.8, 4) is 0 Å². The lowest BCUT2D eigenvalue weighted by Gasteiger charge is -2.25. The molecule has 0 radical (unpaired) electrons. The van der Waals surface area contributed by atoms with Gasteiger partial charge in [-0.25, -0.2) is 0 Å². The van der Waals surface area contributed by atoms with Gasteiger partial charge in [0.25, 0.3) is 5.91 Å². The van der Waals surface area contributed by atoms with Gasteiger partial charge in [-0.3, -0.25) is 9.78 Å². The predicted octanol–water partition coefficient (Wildman–Crippen LogP) is 4.20. The van der Waals surface area contributed by atoms with Crippen LogP contribution in [0.25, 0.3) is 10.9 Å². The van der Waals surface area contributed by atoms with Crippen molar-refractivity contribution < 1.29 is 4.79 Å². The molecule has 4 atom stereocenters. The average molecular weight is 395 g/mol. The molecule has 1 aromatic carbocycles. The summed E-state index contributed by atoms with van der Waals surface area (Å²) in [6.07, 6.45) is 7.89. The highest BCUT2D eigenvalue weighted by Crippen LogP contribution is 2.45. The molecule has 28 heavy (non-hydrogen) atoms. The van der Waals surface area contributed by atoms with E-state index < -0.39 is 4.75 Å². The summed E-state index contributed by atoms with van der Waals surface area (Å²) in [5.74, 6) is 1.65. The van der Waals surface area contributed by atoms with E-state index in [1.165, 1.54) is 25.7 Å². The number of rotatable bonds is 5. The molecule has 0 spiro atoms. The molecule has 6 heteroatoms. The Bertz CT molecular complexity index is 945. The van der Waals surface area contributed by atoms with Crippen molar-refractivity contribution in [1.29, 1.82) is 0 Å². The lowest BCUT2D eigenvalue weighted by Crippen LogP contribution is -2.37. The van der Waals surface area contributed by atoms with Crippen molar-refractivity contribution in [2.75, 3.05) is 11.9 Å². The number of nitrogens with one attached hydrogen (secondary N) is 2. The summed E-state index contributed by atoms with van der Waals surface area (Å²) in [5.41, 5.74) is 1.98. The number of aromatic nitrogens is 1. The van der Waals surface area contributed by atoms with Gasteiger partial charge >= 0.3 is 0 Å². The van der Waals surface area contributed by atoms with Gasteiger partial charge in [-0.1, -0.05) is 36.4 Å². The van der Waals surface area contributed by atoms with Crippen LogP contribution >= 0.6 is 11.8 Å². The van der Waals surface area contributed by atoms with Crippen LogP contribution in [0, 0.1) is 11.8 Å². The summed E-state index contributed by atoms with van der Waals surface area (Å²) in [5, 5.41) is 8.95. The zero-order valence-electron chi connectivity index (χ0n) is 16.1. The van der Waals surface area contributed by atoms with Gasteiger partial charge in [0.1, 0.15) is 4.75 Å². The third kappa shape index (κ3) is 3.39. The monoisotopic (exact) mass is 394 g/mol. The molecular formula is C22H26N4OS. The highest BCUT2D eigenvalue weighted by Gasteiger charge is 2.44. The Morgan fingerprint density at radius 2 is 2.14 bits per heavy atom. The van der Waals surface area contributed by atoms with Gasteiger partial charge in [0.15, 0.2) is 5.17 Å². The zero-order valence-corrected chi connectivity index (χ0v) is 17.0. The van der Waals surface area contributed by atoms with E-state index in [1.807, 2.05) is 31.3 Å². The molecule has 1 aliphatic heterocycles. The summed E-state index contributed by atoms with van der Waals surface area (Å²) >= 11 is 1.61. The van der Waals surface area contributed by atoms with Crippen LogP contribution in [0.5, 0.6) is 0 Å². The van der Waals surface area contributed by atoms with Crippen molar-refractivity contribution in [3.63, 3.8) is 0 Å². The molecule has 1 aromatic heterocycles. The number of pyridine rings is 1. The van der Waals surface area contributed by atoms with E-state index in [0.29, 0.717) is 12.6 Å². The van der Waals surface area contributed by atoms with Crippen molar-refractivity contribution >= 4 is 39.4 Å². The lowest BCUT2D eigenvalue weighted by molar-refractivity contribution is -0.119. The molecule has 2 fully saturated rings. The van der Waals surface area contributed by atoms with E-state index in [9.17, 15) is 4.79 Å². The number of benzene rings is 1. The van der Waals surface area contributed by atoms with Gasteiger partial charge in [-0.2, -0.15) is 4.99 Å². The van der Waals surface area contributed by atoms with Crippen LogP contribution in [0.2, 0.25) is 0 Å². The van der Waals surface area contributed by atoms with Gasteiger partial charge in [0, 0.05) is 18.0 Å². The first-order chi connectivity index (χ1) is 13.6. The summed E-state index contributed by atoms with van der Waals surface area (Å²) in [7, 11) is 0. The minimum absolute atomic E-state index is 0.0124. The smallest absolute Gasteiger partial charge is 0.264 e. The Kier molecular flexibility index (Phi) is 4.54. The van der Waals surface area contributed by atoms with Crippen LogP contribution < -0.4 is 10.6 Å². The largest absolute Gasteiger partial charge is 0.384 e. The second kappa shape index (κ2) is 7.07. The van der Waals surface area contributed by atoms with Crippen LogP contribution in [0.3, 0.4) is 0 Å². The first-order valence-corrected chi connectivity index (χ1v) is 11.1. The first-order valence-electron chi connectivity index (χ1n) is 10.3. The van der Waals surface area contributed by atoms with Crippen LogP contribution in [0.15, 0.2) is 41.5 Å². The summed E-state index contributed by atoms with van der Waals surface area (Å²) < 4.78 is -0.489. The van der Waals surface area contributed by atoms with Gasteiger partial charge in [-0.05, 0) is 56.6 Å². The third-order valence-corrected chi connectivity index (χ3v) is 7.78. The molecule has 2 N–H and O–H groups in total. The second-order valence-electron chi connectivity index (χ2n) is 8.57. The van der Waals surface area contributed by atoms with Gasteiger partial charge in [0.05, 0.1) is 17.4 Å². The molecule has 2 saturated carbocycles. The fourth-order valence-electron chi connectivity index (χ4n) is 4.90.